The van der Waals surface area contributed by atoms with Crippen LogP contribution in [0, 0.1) is 18.3 Å². The fourth-order valence-corrected chi connectivity index (χ4v) is 1.93. The summed E-state index contributed by atoms with van der Waals surface area (Å²) in [6.07, 6.45) is 0. The lowest BCUT2D eigenvalue weighted by molar-refractivity contribution is 0.0341. The SMILES string of the molecule is Cc1ccc(CN2CCOCC2)c(C#N)c1. The molecule has 0 bridgehead atoms. The van der Waals surface area contributed by atoms with Gasteiger partial charge < -0.3 is 4.74 Å². The van der Waals surface area contributed by atoms with E-state index in [1.165, 1.54) is 0 Å². The second-order valence-corrected chi connectivity index (χ2v) is 4.16. The molecule has 0 aliphatic carbocycles. The first-order valence-electron chi connectivity index (χ1n) is 5.59. The minimum absolute atomic E-state index is 0.798. The fraction of sp³-hybridized carbons (Fsp3) is 0.462. The molecule has 84 valence electrons. The predicted octanol–water partition coefficient (Wildman–Crippen LogP) is 1.70. The van der Waals surface area contributed by atoms with Crippen LogP contribution in [0.25, 0.3) is 0 Å². The van der Waals surface area contributed by atoms with Gasteiger partial charge in [0.15, 0.2) is 0 Å². The maximum absolute atomic E-state index is 9.08. The van der Waals surface area contributed by atoms with Crippen molar-refractivity contribution in [1.29, 1.82) is 5.26 Å². The van der Waals surface area contributed by atoms with E-state index in [-0.39, 0.29) is 0 Å². The summed E-state index contributed by atoms with van der Waals surface area (Å²) >= 11 is 0. The van der Waals surface area contributed by atoms with Gasteiger partial charge in [0, 0.05) is 19.6 Å². The van der Waals surface area contributed by atoms with Crippen LogP contribution in [0.3, 0.4) is 0 Å². The third-order valence-corrected chi connectivity index (χ3v) is 2.88. The van der Waals surface area contributed by atoms with Crippen LogP contribution in [-0.4, -0.2) is 31.2 Å². The molecule has 16 heavy (non-hydrogen) atoms. The van der Waals surface area contributed by atoms with Gasteiger partial charge in [0.05, 0.1) is 24.8 Å². The lowest BCUT2D eigenvalue weighted by Crippen LogP contribution is -2.35. The van der Waals surface area contributed by atoms with E-state index in [0.717, 1.165) is 49.5 Å². The lowest BCUT2D eigenvalue weighted by atomic mass is 10.0. The smallest absolute Gasteiger partial charge is 0.0995 e. The molecule has 0 aromatic heterocycles. The van der Waals surface area contributed by atoms with E-state index in [1.807, 2.05) is 13.0 Å². The average molecular weight is 216 g/mol. The molecule has 0 amide bonds. The highest BCUT2D eigenvalue weighted by Gasteiger charge is 2.12. The zero-order valence-electron chi connectivity index (χ0n) is 9.57. The van der Waals surface area contributed by atoms with E-state index < -0.39 is 0 Å². The highest BCUT2D eigenvalue weighted by atomic mass is 16.5. The molecular formula is C13H16N2O. The second-order valence-electron chi connectivity index (χ2n) is 4.16. The van der Waals surface area contributed by atoms with Crippen LogP contribution in [0.15, 0.2) is 18.2 Å². The number of ether oxygens (including phenoxy) is 1. The Kier molecular flexibility index (Phi) is 3.55. The monoisotopic (exact) mass is 216 g/mol. The second kappa shape index (κ2) is 5.11. The summed E-state index contributed by atoms with van der Waals surface area (Å²) in [4.78, 5) is 2.33. The van der Waals surface area contributed by atoms with Crippen molar-refractivity contribution in [1.82, 2.24) is 4.90 Å². The van der Waals surface area contributed by atoms with Gasteiger partial charge in [-0.1, -0.05) is 12.1 Å². The van der Waals surface area contributed by atoms with Crippen molar-refractivity contribution < 1.29 is 4.74 Å². The van der Waals surface area contributed by atoms with Gasteiger partial charge in [0.25, 0.3) is 0 Å². The first-order valence-corrected chi connectivity index (χ1v) is 5.59. The molecule has 1 fully saturated rings. The molecule has 0 saturated carbocycles. The van der Waals surface area contributed by atoms with Crippen molar-refractivity contribution in [3.8, 4) is 6.07 Å². The van der Waals surface area contributed by atoms with Crippen molar-refractivity contribution in [2.45, 2.75) is 13.5 Å². The van der Waals surface area contributed by atoms with Gasteiger partial charge in [-0.3, -0.25) is 4.90 Å². The number of hydrogen-bond acceptors (Lipinski definition) is 3. The molecular weight excluding hydrogens is 200 g/mol. The third kappa shape index (κ3) is 2.60. The summed E-state index contributed by atoms with van der Waals surface area (Å²) in [5.41, 5.74) is 3.06. The normalized spacial score (nSPS) is 17.0. The summed E-state index contributed by atoms with van der Waals surface area (Å²) in [5, 5.41) is 9.08. The molecule has 2 rings (SSSR count). The molecule has 1 aliphatic rings. The summed E-state index contributed by atoms with van der Waals surface area (Å²) in [6.45, 7) is 6.38. The molecule has 1 aromatic rings. The van der Waals surface area contributed by atoms with Crippen LogP contribution in [-0.2, 0) is 11.3 Å². The fourth-order valence-electron chi connectivity index (χ4n) is 1.93. The lowest BCUT2D eigenvalue weighted by Gasteiger charge is -2.26. The van der Waals surface area contributed by atoms with E-state index in [4.69, 9.17) is 10.00 Å². The highest BCUT2D eigenvalue weighted by Crippen LogP contribution is 2.14. The largest absolute Gasteiger partial charge is 0.379 e. The summed E-state index contributed by atoms with van der Waals surface area (Å²) < 4.78 is 5.31. The molecule has 3 nitrogen and oxygen atoms in total. The van der Waals surface area contributed by atoms with E-state index >= 15 is 0 Å². The summed E-state index contributed by atoms with van der Waals surface area (Å²) in [7, 11) is 0. The Hall–Kier alpha value is -1.37. The van der Waals surface area contributed by atoms with Crippen molar-refractivity contribution in [3.05, 3.63) is 34.9 Å². The number of benzene rings is 1. The number of hydrogen-bond donors (Lipinski definition) is 0. The minimum atomic E-state index is 0.798. The van der Waals surface area contributed by atoms with Crippen LogP contribution in [0.2, 0.25) is 0 Å². The minimum Gasteiger partial charge on any atom is -0.379 e. The van der Waals surface area contributed by atoms with E-state index in [0.29, 0.717) is 0 Å². The third-order valence-electron chi connectivity index (χ3n) is 2.88. The molecule has 0 spiro atoms. The number of morpholine rings is 1. The van der Waals surface area contributed by atoms with Gasteiger partial charge in [-0.25, -0.2) is 0 Å². The van der Waals surface area contributed by atoms with E-state index in [2.05, 4.69) is 23.1 Å². The van der Waals surface area contributed by atoms with Gasteiger partial charge in [-0.15, -0.1) is 0 Å². The number of aryl methyl sites for hydroxylation is 1. The summed E-state index contributed by atoms with van der Waals surface area (Å²) in [6, 6.07) is 8.35. The zero-order valence-corrected chi connectivity index (χ0v) is 9.57. The van der Waals surface area contributed by atoms with E-state index in [9.17, 15) is 0 Å². The Morgan fingerprint density at radius 1 is 1.38 bits per heavy atom. The topological polar surface area (TPSA) is 36.3 Å². The van der Waals surface area contributed by atoms with Gasteiger partial charge in [-0.05, 0) is 24.1 Å². The van der Waals surface area contributed by atoms with Crippen LogP contribution < -0.4 is 0 Å². The molecule has 0 N–H and O–H groups in total. The van der Waals surface area contributed by atoms with Crippen molar-refractivity contribution >= 4 is 0 Å². The van der Waals surface area contributed by atoms with Gasteiger partial charge in [0.1, 0.15) is 0 Å². The van der Waals surface area contributed by atoms with Crippen LogP contribution in [0.1, 0.15) is 16.7 Å². The Morgan fingerprint density at radius 3 is 2.81 bits per heavy atom. The molecule has 0 unspecified atom stereocenters. The number of nitriles is 1. The Bertz CT molecular complexity index is 403. The first-order chi connectivity index (χ1) is 7.79. The zero-order chi connectivity index (χ0) is 11.4. The molecule has 3 heteroatoms. The van der Waals surface area contributed by atoms with Crippen molar-refractivity contribution in [2.75, 3.05) is 26.3 Å². The van der Waals surface area contributed by atoms with Crippen molar-refractivity contribution in [2.24, 2.45) is 0 Å². The maximum atomic E-state index is 9.08. The molecule has 0 atom stereocenters. The maximum Gasteiger partial charge on any atom is 0.0995 e. The van der Waals surface area contributed by atoms with Gasteiger partial charge in [0.2, 0.25) is 0 Å². The number of nitrogens with zero attached hydrogens (tertiary/aromatic N) is 2. The average Bonchev–Trinajstić information content (AvgIpc) is 2.33. The highest BCUT2D eigenvalue weighted by molar-refractivity contribution is 5.40. The Labute approximate surface area is 96.2 Å². The van der Waals surface area contributed by atoms with Gasteiger partial charge in [-0.2, -0.15) is 5.26 Å². The van der Waals surface area contributed by atoms with Crippen LogP contribution in [0.4, 0.5) is 0 Å². The van der Waals surface area contributed by atoms with E-state index in [1.54, 1.807) is 0 Å². The summed E-state index contributed by atoms with van der Waals surface area (Å²) in [5.74, 6) is 0. The standard InChI is InChI=1S/C13H16N2O/c1-11-2-3-12(13(8-11)9-14)10-15-4-6-16-7-5-15/h2-3,8H,4-7,10H2,1H3. The molecule has 0 radical (unpaired) electrons. The quantitative estimate of drug-likeness (QED) is 0.755. The molecule has 1 aromatic carbocycles. The van der Waals surface area contributed by atoms with Crippen LogP contribution in [0.5, 0.6) is 0 Å². The van der Waals surface area contributed by atoms with Gasteiger partial charge >= 0.3 is 0 Å². The molecule has 1 heterocycles. The Morgan fingerprint density at radius 2 is 2.12 bits per heavy atom. The Balaban J connectivity index is 2.11. The molecule has 1 saturated heterocycles. The van der Waals surface area contributed by atoms with Crippen molar-refractivity contribution in [3.63, 3.8) is 0 Å². The number of rotatable bonds is 2. The molecule has 1 aliphatic heterocycles. The first kappa shape index (κ1) is 11.1. The predicted molar refractivity (Wildman–Crippen MR) is 62.0 cm³/mol. The van der Waals surface area contributed by atoms with Crippen LogP contribution >= 0.6 is 0 Å².